The number of nitrogens with zero attached hydrogens (tertiary/aromatic N) is 2. The minimum Gasteiger partial charge on any atom is -0.478 e. The number of fused-ring (bicyclic) bond motifs is 1. The van der Waals surface area contributed by atoms with E-state index in [-0.39, 0.29) is 37.4 Å². The summed E-state index contributed by atoms with van der Waals surface area (Å²) in [4.78, 5) is 37.4. The second-order valence-corrected chi connectivity index (χ2v) is 6.36. The molecule has 8 heteroatoms. The minimum atomic E-state index is -2.33. The lowest BCUT2D eigenvalue weighted by molar-refractivity contribution is -0.150. The Hall–Kier alpha value is -2.45. The van der Waals surface area contributed by atoms with Crippen molar-refractivity contribution in [3.05, 3.63) is 34.4 Å². The predicted molar refractivity (Wildman–Crippen MR) is 90.3 cm³/mol. The minimum absolute atomic E-state index is 0.0761. The average Bonchev–Trinajstić information content (AvgIpc) is 2.83. The van der Waals surface area contributed by atoms with Crippen molar-refractivity contribution in [1.82, 2.24) is 10.0 Å². The van der Waals surface area contributed by atoms with Crippen LogP contribution in [0.1, 0.15) is 40.9 Å². The topological polar surface area (TPSA) is 107 Å². The van der Waals surface area contributed by atoms with Gasteiger partial charge in [0.2, 0.25) is 0 Å². The summed E-state index contributed by atoms with van der Waals surface area (Å²) in [5.74, 6) is -2.51. The normalized spacial score (nSPS) is 19.5. The van der Waals surface area contributed by atoms with Crippen LogP contribution < -0.4 is 0 Å². The third-order valence-corrected chi connectivity index (χ3v) is 4.95. The number of amides is 2. The average molecular weight is 362 g/mol. The van der Waals surface area contributed by atoms with E-state index in [0.29, 0.717) is 24.0 Å². The van der Waals surface area contributed by atoms with E-state index < -0.39 is 23.4 Å². The van der Waals surface area contributed by atoms with Crippen LogP contribution in [0, 0.1) is 0 Å². The van der Waals surface area contributed by atoms with Crippen LogP contribution in [0.15, 0.2) is 12.1 Å². The van der Waals surface area contributed by atoms with Crippen molar-refractivity contribution in [2.75, 3.05) is 26.3 Å². The van der Waals surface area contributed by atoms with Crippen LogP contribution >= 0.6 is 0 Å². The van der Waals surface area contributed by atoms with Gasteiger partial charge in [0.1, 0.15) is 0 Å². The zero-order chi connectivity index (χ0) is 19.1. The molecule has 2 aliphatic rings. The number of carbonyl (C=O) groups excluding carboxylic acids is 2. The van der Waals surface area contributed by atoms with Crippen LogP contribution in [0.5, 0.6) is 0 Å². The molecular weight excluding hydrogens is 340 g/mol. The Balaban J connectivity index is 2.20. The highest BCUT2D eigenvalue weighted by Crippen LogP contribution is 2.38. The summed E-state index contributed by atoms with van der Waals surface area (Å²) in [6.45, 7) is 4.52. The summed E-state index contributed by atoms with van der Waals surface area (Å²) in [5.41, 5.74) is -1.06. The number of aryl methyl sites for hydroxylation is 2. The number of hydrazine groups is 1. The molecule has 0 aliphatic carbocycles. The van der Waals surface area contributed by atoms with Gasteiger partial charge in [0.05, 0.1) is 31.9 Å². The largest absolute Gasteiger partial charge is 0.478 e. The molecule has 0 atom stereocenters. The number of benzene rings is 1. The Morgan fingerprint density at radius 3 is 1.92 bits per heavy atom. The van der Waals surface area contributed by atoms with Gasteiger partial charge in [0.25, 0.3) is 17.4 Å². The van der Waals surface area contributed by atoms with Gasteiger partial charge in [-0.05, 0) is 36.1 Å². The molecule has 2 N–H and O–H groups in total. The van der Waals surface area contributed by atoms with Gasteiger partial charge in [-0.2, -0.15) is 0 Å². The molecule has 2 fully saturated rings. The van der Waals surface area contributed by atoms with Crippen LogP contribution in [0.3, 0.4) is 0 Å². The predicted octanol–water partition coefficient (Wildman–Crippen LogP) is 0.313. The fourth-order valence-electron chi connectivity index (χ4n) is 3.66. The third kappa shape index (κ3) is 2.57. The van der Waals surface area contributed by atoms with Crippen LogP contribution in [-0.4, -0.2) is 64.3 Å². The van der Waals surface area contributed by atoms with Crippen molar-refractivity contribution < 1.29 is 29.3 Å². The number of carboxylic acids is 1. The van der Waals surface area contributed by atoms with Gasteiger partial charge in [-0.15, -0.1) is 0 Å². The molecule has 1 aromatic carbocycles. The molecule has 0 radical (unpaired) electrons. The monoisotopic (exact) mass is 362 g/mol. The fraction of sp³-hybridized carbons (Fsp3) is 0.500. The molecule has 8 nitrogen and oxygen atoms in total. The molecule has 26 heavy (non-hydrogen) atoms. The van der Waals surface area contributed by atoms with E-state index in [4.69, 9.17) is 4.74 Å². The second kappa shape index (κ2) is 6.69. The maximum Gasteiger partial charge on any atom is 0.335 e. The molecule has 2 amide bonds. The number of rotatable bonds is 4. The van der Waals surface area contributed by atoms with Gasteiger partial charge in [0.15, 0.2) is 0 Å². The first-order chi connectivity index (χ1) is 12.4. The summed E-state index contributed by atoms with van der Waals surface area (Å²) < 4.78 is 5.30. The Labute approximate surface area is 150 Å². The SMILES string of the molecule is CCc1cc(C(=O)O)cc(CC)c1C1(O)C(=O)N2CCOCCN2C1=O. The molecule has 3 rings (SSSR count). The number of carboxylic acid groups (broad SMARTS) is 1. The number of hydrogen-bond donors (Lipinski definition) is 2. The lowest BCUT2D eigenvalue weighted by atomic mass is 9.82. The highest BCUT2D eigenvalue weighted by molar-refractivity contribution is 6.13. The van der Waals surface area contributed by atoms with E-state index in [1.807, 2.05) is 0 Å². The van der Waals surface area contributed by atoms with Gasteiger partial charge in [-0.3, -0.25) is 9.59 Å². The van der Waals surface area contributed by atoms with Gasteiger partial charge in [-0.25, -0.2) is 14.8 Å². The van der Waals surface area contributed by atoms with Crippen molar-refractivity contribution in [3.63, 3.8) is 0 Å². The molecule has 2 saturated heterocycles. The number of aliphatic hydroxyl groups is 1. The highest BCUT2D eigenvalue weighted by Gasteiger charge is 2.60. The Kier molecular flexibility index (Phi) is 4.72. The van der Waals surface area contributed by atoms with E-state index in [9.17, 15) is 24.6 Å². The molecule has 2 aliphatic heterocycles. The maximum atomic E-state index is 13.0. The van der Waals surface area contributed by atoms with Crippen LogP contribution in [0.25, 0.3) is 0 Å². The highest BCUT2D eigenvalue weighted by atomic mass is 16.5. The quantitative estimate of drug-likeness (QED) is 0.747. The van der Waals surface area contributed by atoms with E-state index in [1.54, 1.807) is 13.8 Å². The summed E-state index contributed by atoms with van der Waals surface area (Å²) >= 11 is 0. The van der Waals surface area contributed by atoms with Crippen molar-refractivity contribution >= 4 is 17.8 Å². The zero-order valence-corrected chi connectivity index (χ0v) is 14.8. The van der Waals surface area contributed by atoms with Crippen LogP contribution in [-0.2, 0) is 32.8 Å². The molecule has 0 bridgehead atoms. The fourth-order valence-corrected chi connectivity index (χ4v) is 3.66. The summed E-state index contributed by atoms with van der Waals surface area (Å²) in [6, 6.07) is 2.86. The molecule has 1 aromatic rings. The van der Waals surface area contributed by atoms with Gasteiger partial charge in [-0.1, -0.05) is 13.8 Å². The standard InChI is InChI=1S/C18H22N2O6/c1-3-11-9-13(15(21)22)10-12(4-2)14(11)18(25)16(23)19-5-7-26-8-6-20(19)17(18)24/h9-10,25H,3-8H2,1-2H3,(H,21,22). The van der Waals surface area contributed by atoms with Crippen molar-refractivity contribution in [2.24, 2.45) is 0 Å². The first-order valence-corrected chi connectivity index (χ1v) is 8.69. The summed E-state index contributed by atoms with van der Waals surface area (Å²) in [5, 5.41) is 23.1. The molecular formula is C18H22N2O6. The van der Waals surface area contributed by atoms with Crippen molar-refractivity contribution in [3.8, 4) is 0 Å². The molecule has 0 unspecified atom stereocenters. The van der Waals surface area contributed by atoms with Crippen molar-refractivity contribution in [1.29, 1.82) is 0 Å². The Bertz CT molecular complexity index is 726. The lowest BCUT2D eigenvalue weighted by Crippen LogP contribution is -2.43. The number of hydrogen-bond acceptors (Lipinski definition) is 5. The number of aromatic carboxylic acids is 1. The van der Waals surface area contributed by atoms with Gasteiger partial charge >= 0.3 is 5.97 Å². The maximum absolute atomic E-state index is 13.0. The Morgan fingerprint density at radius 1 is 1.08 bits per heavy atom. The van der Waals surface area contributed by atoms with Gasteiger partial charge < -0.3 is 14.9 Å². The van der Waals surface area contributed by atoms with E-state index in [0.717, 1.165) is 0 Å². The summed E-state index contributed by atoms with van der Waals surface area (Å²) in [7, 11) is 0. The van der Waals surface area contributed by atoms with E-state index in [1.165, 1.54) is 22.2 Å². The zero-order valence-electron chi connectivity index (χ0n) is 14.8. The van der Waals surface area contributed by atoms with Gasteiger partial charge in [0, 0.05) is 5.56 Å². The van der Waals surface area contributed by atoms with Crippen LogP contribution in [0.2, 0.25) is 0 Å². The first kappa shape index (κ1) is 18.3. The molecule has 140 valence electrons. The number of ether oxygens (including phenoxy) is 1. The molecule has 2 heterocycles. The van der Waals surface area contributed by atoms with E-state index >= 15 is 0 Å². The van der Waals surface area contributed by atoms with Crippen molar-refractivity contribution in [2.45, 2.75) is 32.3 Å². The third-order valence-electron chi connectivity index (χ3n) is 4.95. The summed E-state index contributed by atoms with van der Waals surface area (Å²) in [6.07, 6.45) is 0.769. The molecule has 0 aromatic heterocycles. The lowest BCUT2D eigenvalue weighted by Gasteiger charge is -2.25. The first-order valence-electron chi connectivity index (χ1n) is 8.69. The number of carbonyl (C=O) groups is 3. The van der Waals surface area contributed by atoms with Crippen LogP contribution in [0.4, 0.5) is 0 Å². The second-order valence-electron chi connectivity index (χ2n) is 6.36. The van der Waals surface area contributed by atoms with E-state index in [2.05, 4.69) is 0 Å². The smallest absolute Gasteiger partial charge is 0.335 e. The molecule has 0 spiro atoms. The molecule has 0 saturated carbocycles. The Morgan fingerprint density at radius 2 is 1.54 bits per heavy atom.